The minimum absolute atomic E-state index is 0.711. The number of anilines is 1. The third-order valence-corrected chi connectivity index (χ3v) is 4.27. The second-order valence-electron chi connectivity index (χ2n) is 5.33. The zero-order valence-corrected chi connectivity index (χ0v) is 12.8. The Kier molecular flexibility index (Phi) is 3.44. The third kappa shape index (κ3) is 2.32. The average Bonchev–Trinajstić information content (AvgIpc) is 3.00. The van der Waals surface area contributed by atoms with E-state index in [1.54, 1.807) is 6.20 Å². The molecule has 5 nitrogen and oxygen atoms in total. The maximum absolute atomic E-state index is 6.29. The number of benzene rings is 1. The van der Waals surface area contributed by atoms with Crippen LogP contribution in [-0.2, 0) is 0 Å². The lowest BCUT2D eigenvalue weighted by molar-refractivity contribution is 0.585. The summed E-state index contributed by atoms with van der Waals surface area (Å²) in [6.07, 6.45) is 3.68. The maximum atomic E-state index is 6.29. The summed E-state index contributed by atoms with van der Waals surface area (Å²) in [5.41, 5.74) is 2.83. The van der Waals surface area contributed by atoms with Crippen LogP contribution >= 0.6 is 11.6 Å². The quantitative estimate of drug-likeness (QED) is 0.789. The van der Waals surface area contributed by atoms with Crippen LogP contribution in [0.1, 0.15) is 0 Å². The van der Waals surface area contributed by atoms with Crippen LogP contribution in [0.4, 0.5) is 5.82 Å². The van der Waals surface area contributed by atoms with Gasteiger partial charge in [-0.1, -0.05) is 29.8 Å². The molecule has 0 amide bonds. The first-order valence-corrected chi connectivity index (χ1v) is 7.76. The van der Waals surface area contributed by atoms with E-state index in [2.05, 4.69) is 26.4 Å². The molecule has 4 rings (SSSR count). The van der Waals surface area contributed by atoms with Crippen LogP contribution in [0.15, 0.2) is 42.7 Å². The Balaban J connectivity index is 1.82. The van der Waals surface area contributed by atoms with Crippen molar-refractivity contribution in [3.63, 3.8) is 0 Å². The van der Waals surface area contributed by atoms with Crippen LogP contribution in [-0.4, -0.2) is 40.8 Å². The van der Waals surface area contributed by atoms with E-state index in [4.69, 9.17) is 11.6 Å². The van der Waals surface area contributed by atoms with Crippen molar-refractivity contribution in [1.82, 2.24) is 19.9 Å². The first-order chi connectivity index (χ1) is 10.8. The summed E-state index contributed by atoms with van der Waals surface area (Å²) in [7, 11) is 0. The van der Waals surface area contributed by atoms with Gasteiger partial charge in [0.05, 0.1) is 10.7 Å². The van der Waals surface area contributed by atoms with E-state index < -0.39 is 0 Å². The largest absolute Gasteiger partial charge is 0.352 e. The van der Waals surface area contributed by atoms with Crippen LogP contribution in [0, 0.1) is 0 Å². The number of fused-ring (bicyclic) bond motifs is 1. The molecule has 1 saturated heterocycles. The smallest absolute Gasteiger partial charge is 0.154 e. The van der Waals surface area contributed by atoms with E-state index in [1.165, 1.54) is 0 Å². The fourth-order valence-corrected chi connectivity index (χ4v) is 3.06. The van der Waals surface area contributed by atoms with Crippen LogP contribution in [0.5, 0.6) is 0 Å². The standard InChI is InChI=1S/C16H16ClN5/c17-13-4-2-1-3-12(13)14-11-15-16(19-7-10-22(15)20-14)21-8-5-18-6-9-21/h1-4,7,10-11,18H,5-6,8-9H2. The molecule has 3 heterocycles. The van der Waals surface area contributed by atoms with Gasteiger partial charge < -0.3 is 10.2 Å². The van der Waals surface area contributed by atoms with Crippen molar-refractivity contribution < 1.29 is 0 Å². The topological polar surface area (TPSA) is 45.5 Å². The van der Waals surface area contributed by atoms with Crippen molar-refractivity contribution >= 4 is 22.9 Å². The second kappa shape index (κ2) is 5.59. The molecule has 0 saturated carbocycles. The first kappa shape index (κ1) is 13.5. The highest BCUT2D eigenvalue weighted by Crippen LogP contribution is 2.29. The molecule has 0 atom stereocenters. The van der Waals surface area contributed by atoms with Gasteiger partial charge in [0, 0.05) is 44.1 Å². The molecule has 6 heteroatoms. The van der Waals surface area contributed by atoms with Gasteiger partial charge >= 0.3 is 0 Å². The van der Waals surface area contributed by atoms with Crippen molar-refractivity contribution in [3.05, 3.63) is 47.7 Å². The molecule has 0 bridgehead atoms. The molecule has 1 fully saturated rings. The number of aromatic nitrogens is 3. The fraction of sp³-hybridized carbons (Fsp3) is 0.250. The zero-order valence-electron chi connectivity index (χ0n) is 12.0. The third-order valence-electron chi connectivity index (χ3n) is 3.94. The molecule has 1 aromatic carbocycles. The summed E-state index contributed by atoms with van der Waals surface area (Å²) in [4.78, 5) is 6.86. The summed E-state index contributed by atoms with van der Waals surface area (Å²) in [5.74, 6) is 0.981. The van der Waals surface area contributed by atoms with Gasteiger partial charge in [0.1, 0.15) is 5.52 Å². The molecule has 112 valence electrons. The molecule has 1 aliphatic rings. The van der Waals surface area contributed by atoms with Crippen molar-refractivity contribution in [2.75, 3.05) is 31.1 Å². The lowest BCUT2D eigenvalue weighted by Gasteiger charge is -2.28. The minimum atomic E-state index is 0.711. The van der Waals surface area contributed by atoms with Crippen molar-refractivity contribution in [2.45, 2.75) is 0 Å². The summed E-state index contributed by atoms with van der Waals surface area (Å²) in [5, 5.41) is 8.72. The van der Waals surface area contributed by atoms with Crippen LogP contribution < -0.4 is 10.2 Å². The van der Waals surface area contributed by atoms with Gasteiger partial charge in [-0.3, -0.25) is 0 Å². The summed E-state index contributed by atoms with van der Waals surface area (Å²) in [6, 6.07) is 9.83. The molecule has 1 aliphatic heterocycles. The van der Waals surface area contributed by atoms with Crippen molar-refractivity contribution in [2.24, 2.45) is 0 Å². The van der Waals surface area contributed by atoms with E-state index in [0.29, 0.717) is 5.02 Å². The van der Waals surface area contributed by atoms with Gasteiger partial charge in [-0.25, -0.2) is 9.50 Å². The molecular weight excluding hydrogens is 298 g/mol. The lowest BCUT2D eigenvalue weighted by atomic mass is 10.1. The van der Waals surface area contributed by atoms with Gasteiger partial charge in [0.25, 0.3) is 0 Å². The lowest BCUT2D eigenvalue weighted by Crippen LogP contribution is -2.44. The van der Waals surface area contributed by atoms with E-state index in [-0.39, 0.29) is 0 Å². The molecule has 22 heavy (non-hydrogen) atoms. The average molecular weight is 314 g/mol. The highest BCUT2D eigenvalue weighted by Gasteiger charge is 2.17. The van der Waals surface area contributed by atoms with Gasteiger partial charge in [-0.15, -0.1) is 0 Å². The monoisotopic (exact) mass is 313 g/mol. The molecule has 1 N–H and O–H groups in total. The number of nitrogens with zero attached hydrogens (tertiary/aromatic N) is 4. The number of hydrogen-bond acceptors (Lipinski definition) is 4. The highest BCUT2D eigenvalue weighted by molar-refractivity contribution is 6.33. The van der Waals surface area contributed by atoms with E-state index >= 15 is 0 Å². The van der Waals surface area contributed by atoms with Crippen LogP contribution in [0.3, 0.4) is 0 Å². The number of hydrogen-bond donors (Lipinski definition) is 1. The second-order valence-corrected chi connectivity index (χ2v) is 5.73. The van der Waals surface area contributed by atoms with Crippen molar-refractivity contribution in [3.8, 4) is 11.3 Å². The molecule has 0 radical (unpaired) electrons. The Labute approximate surface area is 133 Å². The van der Waals surface area contributed by atoms with E-state index in [9.17, 15) is 0 Å². The Morgan fingerprint density at radius 1 is 1.14 bits per heavy atom. The highest BCUT2D eigenvalue weighted by atomic mass is 35.5. The predicted molar refractivity (Wildman–Crippen MR) is 88.5 cm³/mol. The number of nitrogens with one attached hydrogen (secondary N) is 1. The van der Waals surface area contributed by atoms with Gasteiger partial charge in [-0.2, -0.15) is 5.10 Å². The van der Waals surface area contributed by atoms with Gasteiger partial charge in [-0.05, 0) is 12.1 Å². The molecule has 2 aromatic heterocycles. The van der Waals surface area contributed by atoms with E-state index in [0.717, 1.165) is 48.8 Å². The molecular formula is C16H16ClN5. The SMILES string of the molecule is Clc1ccccc1-c1cc2c(N3CCNCC3)nccn2n1. The Hall–Kier alpha value is -2.11. The number of rotatable bonds is 2. The predicted octanol–water partition coefficient (Wildman–Crippen LogP) is 2.46. The Bertz CT molecular complexity index is 807. The maximum Gasteiger partial charge on any atom is 0.154 e. The van der Waals surface area contributed by atoms with Gasteiger partial charge in [0.15, 0.2) is 5.82 Å². The number of piperazine rings is 1. The normalized spacial score (nSPS) is 15.4. The zero-order chi connectivity index (χ0) is 14.9. The summed E-state index contributed by atoms with van der Waals surface area (Å²) >= 11 is 6.29. The molecule has 3 aromatic rings. The van der Waals surface area contributed by atoms with Crippen LogP contribution in [0.25, 0.3) is 16.8 Å². The fourth-order valence-electron chi connectivity index (χ4n) is 2.83. The molecule has 0 spiro atoms. The van der Waals surface area contributed by atoms with E-state index in [1.807, 2.05) is 35.0 Å². The van der Waals surface area contributed by atoms with Crippen LogP contribution in [0.2, 0.25) is 5.02 Å². The molecule has 0 unspecified atom stereocenters. The van der Waals surface area contributed by atoms with Crippen molar-refractivity contribution in [1.29, 1.82) is 0 Å². The number of halogens is 1. The summed E-state index contributed by atoms with van der Waals surface area (Å²) < 4.78 is 1.88. The molecule has 0 aliphatic carbocycles. The first-order valence-electron chi connectivity index (χ1n) is 7.38. The Morgan fingerprint density at radius 2 is 1.95 bits per heavy atom. The Morgan fingerprint density at radius 3 is 2.77 bits per heavy atom. The summed E-state index contributed by atoms with van der Waals surface area (Å²) in [6.45, 7) is 3.88. The van der Waals surface area contributed by atoms with Gasteiger partial charge in [0.2, 0.25) is 0 Å². The minimum Gasteiger partial charge on any atom is -0.352 e.